The van der Waals surface area contributed by atoms with Crippen molar-refractivity contribution in [3.05, 3.63) is 29.6 Å². The first-order chi connectivity index (χ1) is 8.96. The molecule has 0 aliphatic carbocycles. The quantitative estimate of drug-likeness (QED) is 0.767. The normalized spacial score (nSPS) is 13.2. The Morgan fingerprint density at radius 2 is 2.21 bits per heavy atom. The molecule has 0 spiro atoms. The van der Waals surface area contributed by atoms with Gasteiger partial charge < -0.3 is 9.47 Å². The number of hydrogen-bond acceptors (Lipinski definition) is 4. The number of halogens is 1. The summed E-state index contributed by atoms with van der Waals surface area (Å²) in [6.45, 7) is 3.32. The third kappa shape index (κ3) is 3.44. The maximum Gasteiger partial charge on any atom is 0.326 e. The Morgan fingerprint density at radius 1 is 1.53 bits per heavy atom. The molecule has 0 aliphatic heterocycles. The molecule has 0 saturated carbocycles. The molecule has 5 heteroatoms. The minimum atomic E-state index is -1.36. The van der Waals surface area contributed by atoms with Crippen molar-refractivity contribution in [2.24, 2.45) is 5.41 Å². The van der Waals surface area contributed by atoms with E-state index in [1.54, 1.807) is 6.92 Å². The number of nitriles is 1. The minimum Gasteiger partial charge on any atom is -0.496 e. The molecule has 0 aromatic heterocycles. The first-order valence-electron chi connectivity index (χ1n) is 5.87. The summed E-state index contributed by atoms with van der Waals surface area (Å²) < 4.78 is 23.2. The molecule has 1 unspecified atom stereocenters. The molecule has 1 rings (SSSR count). The molecule has 0 bridgehead atoms. The first-order valence-corrected chi connectivity index (χ1v) is 5.87. The van der Waals surface area contributed by atoms with E-state index in [1.165, 1.54) is 32.2 Å². The van der Waals surface area contributed by atoms with E-state index in [1.807, 2.05) is 6.07 Å². The lowest BCUT2D eigenvalue weighted by molar-refractivity contribution is -0.151. The molecule has 4 nitrogen and oxygen atoms in total. The Labute approximate surface area is 111 Å². The van der Waals surface area contributed by atoms with Crippen molar-refractivity contribution in [1.82, 2.24) is 0 Å². The van der Waals surface area contributed by atoms with Gasteiger partial charge in [-0.3, -0.25) is 4.79 Å². The molecule has 102 valence electrons. The van der Waals surface area contributed by atoms with Gasteiger partial charge in [0.15, 0.2) is 5.41 Å². The van der Waals surface area contributed by atoms with E-state index >= 15 is 0 Å². The molecular weight excluding hydrogens is 249 g/mol. The van der Waals surface area contributed by atoms with Crippen LogP contribution in [0.5, 0.6) is 5.75 Å². The van der Waals surface area contributed by atoms with Crippen LogP contribution in [0, 0.1) is 22.6 Å². The number of nitrogens with zero attached hydrogens (tertiary/aromatic N) is 1. The van der Waals surface area contributed by atoms with Crippen LogP contribution in [0.25, 0.3) is 0 Å². The zero-order valence-corrected chi connectivity index (χ0v) is 11.2. The van der Waals surface area contributed by atoms with E-state index in [-0.39, 0.29) is 13.0 Å². The predicted molar refractivity (Wildman–Crippen MR) is 67.0 cm³/mol. The first kappa shape index (κ1) is 15.0. The average Bonchev–Trinajstić information content (AvgIpc) is 2.39. The van der Waals surface area contributed by atoms with Crippen molar-refractivity contribution in [3.8, 4) is 11.8 Å². The number of carbonyl (C=O) groups is 1. The smallest absolute Gasteiger partial charge is 0.326 e. The third-order valence-corrected chi connectivity index (χ3v) is 2.76. The standard InChI is InChI=1S/C14H16FNO3/c1-4-19-13(17)14(2,9-16)8-10-7-11(15)5-6-12(10)18-3/h5-7H,4,8H2,1-3H3. The van der Waals surface area contributed by atoms with Crippen molar-refractivity contribution in [2.75, 3.05) is 13.7 Å². The Balaban J connectivity index is 3.08. The lowest BCUT2D eigenvalue weighted by atomic mass is 9.85. The van der Waals surface area contributed by atoms with Crippen molar-refractivity contribution in [1.29, 1.82) is 5.26 Å². The SMILES string of the molecule is CCOC(=O)C(C)(C#N)Cc1cc(F)ccc1OC. The Bertz CT molecular complexity index is 510. The highest BCUT2D eigenvalue weighted by Gasteiger charge is 2.36. The van der Waals surface area contributed by atoms with E-state index in [2.05, 4.69) is 0 Å². The summed E-state index contributed by atoms with van der Waals surface area (Å²) in [7, 11) is 1.45. The molecule has 0 fully saturated rings. The van der Waals surface area contributed by atoms with E-state index in [0.29, 0.717) is 11.3 Å². The molecule has 0 radical (unpaired) electrons. The van der Waals surface area contributed by atoms with Gasteiger partial charge in [0.2, 0.25) is 0 Å². The van der Waals surface area contributed by atoms with E-state index in [0.717, 1.165) is 0 Å². The fraction of sp³-hybridized carbons (Fsp3) is 0.429. The van der Waals surface area contributed by atoms with Gasteiger partial charge in [-0.2, -0.15) is 5.26 Å². The lowest BCUT2D eigenvalue weighted by Gasteiger charge is -2.20. The number of ether oxygens (including phenoxy) is 2. The minimum absolute atomic E-state index is 0.0310. The number of methoxy groups -OCH3 is 1. The van der Waals surface area contributed by atoms with Gasteiger partial charge in [-0.05, 0) is 37.6 Å². The summed E-state index contributed by atoms with van der Waals surface area (Å²) in [6, 6.07) is 5.91. The monoisotopic (exact) mass is 265 g/mol. The highest BCUT2D eigenvalue weighted by atomic mass is 19.1. The second kappa shape index (κ2) is 6.19. The van der Waals surface area contributed by atoms with Gasteiger partial charge in [-0.15, -0.1) is 0 Å². The molecule has 0 aliphatic rings. The number of carbonyl (C=O) groups excluding carboxylic acids is 1. The maximum absolute atomic E-state index is 13.3. The van der Waals surface area contributed by atoms with Gasteiger partial charge in [-0.1, -0.05) is 0 Å². The van der Waals surface area contributed by atoms with E-state index < -0.39 is 17.2 Å². The van der Waals surface area contributed by atoms with Crippen LogP contribution in [0.3, 0.4) is 0 Å². The van der Waals surface area contributed by atoms with Crippen LogP contribution in [0.15, 0.2) is 18.2 Å². The van der Waals surface area contributed by atoms with Crippen molar-refractivity contribution >= 4 is 5.97 Å². The van der Waals surface area contributed by atoms with Crippen LogP contribution in [0.4, 0.5) is 4.39 Å². The third-order valence-electron chi connectivity index (χ3n) is 2.76. The summed E-state index contributed by atoms with van der Waals surface area (Å²) in [6.07, 6.45) is 0.0310. The van der Waals surface area contributed by atoms with Crippen molar-refractivity contribution in [3.63, 3.8) is 0 Å². The second-order valence-corrected chi connectivity index (χ2v) is 4.30. The van der Waals surface area contributed by atoms with Crippen molar-refractivity contribution in [2.45, 2.75) is 20.3 Å². The van der Waals surface area contributed by atoms with Gasteiger partial charge in [-0.25, -0.2) is 4.39 Å². The van der Waals surface area contributed by atoms with Crippen LogP contribution < -0.4 is 4.74 Å². The number of benzene rings is 1. The Morgan fingerprint density at radius 3 is 2.74 bits per heavy atom. The summed E-state index contributed by atoms with van der Waals surface area (Å²) in [5, 5.41) is 9.19. The summed E-state index contributed by atoms with van der Waals surface area (Å²) in [4.78, 5) is 11.8. The van der Waals surface area contributed by atoms with Gasteiger partial charge in [0.1, 0.15) is 11.6 Å². The van der Waals surface area contributed by atoms with Crippen molar-refractivity contribution < 1.29 is 18.7 Å². The molecular formula is C14H16FNO3. The zero-order valence-electron chi connectivity index (χ0n) is 11.2. The number of rotatable bonds is 5. The summed E-state index contributed by atoms with van der Waals surface area (Å²) >= 11 is 0. The average molecular weight is 265 g/mol. The highest BCUT2D eigenvalue weighted by molar-refractivity contribution is 5.80. The molecule has 1 aromatic carbocycles. The topological polar surface area (TPSA) is 59.3 Å². The molecule has 1 aromatic rings. The van der Waals surface area contributed by atoms with Crippen LogP contribution in [0.1, 0.15) is 19.4 Å². The Kier molecular flexibility index (Phi) is 4.87. The second-order valence-electron chi connectivity index (χ2n) is 4.30. The molecule has 0 amide bonds. The van der Waals surface area contributed by atoms with Crippen LogP contribution in [-0.4, -0.2) is 19.7 Å². The van der Waals surface area contributed by atoms with Gasteiger partial charge in [0.05, 0.1) is 19.8 Å². The highest BCUT2D eigenvalue weighted by Crippen LogP contribution is 2.29. The van der Waals surface area contributed by atoms with E-state index in [4.69, 9.17) is 9.47 Å². The molecule has 0 heterocycles. The summed E-state index contributed by atoms with van der Waals surface area (Å²) in [5.74, 6) is -0.629. The van der Waals surface area contributed by atoms with Crippen LogP contribution >= 0.6 is 0 Å². The predicted octanol–water partition coefficient (Wildman–Crippen LogP) is 2.47. The largest absolute Gasteiger partial charge is 0.496 e. The molecule has 19 heavy (non-hydrogen) atoms. The fourth-order valence-corrected chi connectivity index (χ4v) is 1.71. The van der Waals surface area contributed by atoms with Crippen LogP contribution in [0.2, 0.25) is 0 Å². The Hall–Kier alpha value is -2.09. The zero-order chi connectivity index (χ0) is 14.5. The van der Waals surface area contributed by atoms with E-state index in [9.17, 15) is 14.4 Å². The lowest BCUT2D eigenvalue weighted by Crippen LogP contribution is -2.31. The molecule has 0 saturated heterocycles. The van der Waals surface area contributed by atoms with Gasteiger partial charge >= 0.3 is 5.97 Å². The summed E-state index contributed by atoms with van der Waals surface area (Å²) in [5.41, 5.74) is -0.906. The van der Waals surface area contributed by atoms with Gasteiger partial charge in [0, 0.05) is 6.42 Å². The molecule has 1 atom stereocenters. The maximum atomic E-state index is 13.3. The van der Waals surface area contributed by atoms with Gasteiger partial charge in [0.25, 0.3) is 0 Å². The van der Waals surface area contributed by atoms with Crippen LogP contribution in [-0.2, 0) is 16.0 Å². The fourth-order valence-electron chi connectivity index (χ4n) is 1.71. The molecule has 0 N–H and O–H groups in total. The number of hydrogen-bond donors (Lipinski definition) is 0. The number of esters is 1.